The lowest BCUT2D eigenvalue weighted by atomic mass is 10.1. The number of carboxylic acids is 1. The van der Waals surface area contributed by atoms with Gasteiger partial charge in [-0.25, -0.2) is 0 Å². The first-order chi connectivity index (χ1) is 8.18. The van der Waals surface area contributed by atoms with Crippen LogP contribution in [0.1, 0.15) is 38.5 Å². The first-order valence-corrected chi connectivity index (χ1v) is 6.32. The van der Waals surface area contributed by atoms with Gasteiger partial charge >= 0.3 is 5.97 Å². The second-order valence-electron chi connectivity index (χ2n) is 4.80. The Kier molecular flexibility index (Phi) is 3.99. The van der Waals surface area contributed by atoms with Gasteiger partial charge in [0, 0.05) is 12.6 Å². The monoisotopic (exact) mass is 241 g/mol. The Morgan fingerprint density at radius 3 is 2.41 bits per heavy atom. The Morgan fingerprint density at radius 1 is 1.18 bits per heavy atom. The van der Waals surface area contributed by atoms with Crippen LogP contribution in [0.15, 0.2) is 0 Å². The zero-order valence-electron chi connectivity index (χ0n) is 9.93. The highest BCUT2D eigenvalue weighted by molar-refractivity contribution is 5.85. The molecule has 1 amide bonds. The summed E-state index contributed by atoms with van der Waals surface area (Å²) in [6.07, 6.45) is 5.22. The van der Waals surface area contributed by atoms with E-state index in [1.807, 2.05) is 0 Å². The molecule has 0 spiro atoms. The third kappa shape index (κ3) is 2.97. The fraction of sp³-hybridized carbons (Fsp3) is 0.833. The van der Waals surface area contributed by atoms with E-state index in [9.17, 15) is 9.59 Å². The highest BCUT2D eigenvalue weighted by Crippen LogP contribution is 2.25. The van der Waals surface area contributed by atoms with E-state index in [1.165, 1.54) is 4.90 Å². The van der Waals surface area contributed by atoms with E-state index in [0.29, 0.717) is 6.61 Å². The van der Waals surface area contributed by atoms with Gasteiger partial charge in [0.2, 0.25) is 0 Å². The van der Waals surface area contributed by atoms with Crippen molar-refractivity contribution < 1.29 is 19.4 Å². The van der Waals surface area contributed by atoms with Crippen molar-refractivity contribution in [3.05, 3.63) is 0 Å². The Balaban J connectivity index is 2.02. The predicted molar refractivity (Wildman–Crippen MR) is 60.6 cm³/mol. The van der Waals surface area contributed by atoms with Crippen LogP contribution in [0.25, 0.3) is 0 Å². The maximum atomic E-state index is 12.2. The Bertz CT molecular complexity index is 293. The first kappa shape index (κ1) is 12.4. The summed E-state index contributed by atoms with van der Waals surface area (Å²) in [6, 6.07) is 0.0998. The third-order valence-electron chi connectivity index (χ3n) is 3.56. The van der Waals surface area contributed by atoms with Crippen molar-refractivity contribution in [2.45, 2.75) is 50.7 Å². The molecule has 2 rings (SSSR count). The molecule has 0 aromatic heterocycles. The fourth-order valence-corrected chi connectivity index (χ4v) is 2.71. The Morgan fingerprint density at radius 2 is 1.88 bits per heavy atom. The van der Waals surface area contributed by atoms with E-state index in [-0.39, 0.29) is 18.5 Å². The van der Waals surface area contributed by atoms with E-state index in [4.69, 9.17) is 9.84 Å². The van der Waals surface area contributed by atoms with Crippen LogP contribution in [0.4, 0.5) is 0 Å². The number of aliphatic carboxylic acids is 1. The second-order valence-corrected chi connectivity index (χ2v) is 4.80. The van der Waals surface area contributed by atoms with Crippen molar-refractivity contribution in [1.82, 2.24) is 4.90 Å². The molecule has 1 aliphatic carbocycles. The molecule has 1 N–H and O–H groups in total. The summed E-state index contributed by atoms with van der Waals surface area (Å²) in [5, 5.41) is 8.90. The number of rotatable bonds is 4. The number of carboxylic acid groups (broad SMARTS) is 1. The lowest BCUT2D eigenvalue weighted by Crippen LogP contribution is -2.47. The Labute approximate surface area is 101 Å². The third-order valence-corrected chi connectivity index (χ3v) is 3.56. The van der Waals surface area contributed by atoms with Gasteiger partial charge in [-0.2, -0.15) is 0 Å². The van der Waals surface area contributed by atoms with Gasteiger partial charge in [-0.1, -0.05) is 12.8 Å². The number of hydrogen-bond donors (Lipinski definition) is 1. The summed E-state index contributed by atoms with van der Waals surface area (Å²) in [7, 11) is 0. The molecule has 5 heteroatoms. The van der Waals surface area contributed by atoms with Crippen molar-refractivity contribution in [2.24, 2.45) is 0 Å². The standard InChI is InChI=1S/C12H19NO4/c14-11(15)8-13(9-4-1-2-5-9)12(16)10-6-3-7-17-10/h9-10H,1-8H2,(H,14,15)/t10-/m1/s1. The van der Waals surface area contributed by atoms with Gasteiger partial charge in [0.25, 0.3) is 5.91 Å². The van der Waals surface area contributed by atoms with Crippen LogP contribution in [0.5, 0.6) is 0 Å². The summed E-state index contributed by atoms with van der Waals surface area (Å²) in [4.78, 5) is 24.6. The number of nitrogens with zero attached hydrogens (tertiary/aromatic N) is 1. The number of carbonyl (C=O) groups excluding carboxylic acids is 1. The van der Waals surface area contributed by atoms with E-state index in [2.05, 4.69) is 0 Å². The average Bonchev–Trinajstić information content (AvgIpc) is 2.96. The largest absolute Gasteiger partial charge is 0.480 e. The Hall–Kier alpha value is -1.10. The van der Waals surface area contributed by atoms with Crippen molar-refractivity contribution >= 4 is 11.9 Å². The predicted octanol–water partition coefficient (Wildman–Crippen LogP) is 1.02. The highest BCUT2D eigenvalue weighted by atomic mass is 16.5. The quantitative estimate of drug-likeness (QED) is 0.798. The lowest BCUT2D eigenvalue weighted by molar-refractivity contribution is -0.151. The number of hydrogen-bond acceptors (Lipinski definition) is 3. The molecule has 17 heavy (non-hydrogen) atoms. The lowest BCUT2D eigenvalue weighted by Gasteiger charge is -2.29. The van der Waals surface area contributed by atoms with Crippen LogP contribution in [-0.2, 0) is 14.3 Å². The van der Waals surface area contributed by atoms with Crippen LogP contribution in [0, 0.1) is 0 Å². The highest BCUT2D eigenvalue weighted by Gasteiger charge is 2.34. The van der Waals surface area contributed by atoms with Crippen molar-refractivity contribution in [3.63, 3.8) is 0 Å². The van der Waals surface area contributed by atoms with Crippen LogP contribution in [0.2, 0.25) is 0 Å². The SMILES string of the molecule is O=C(O)CN(C(=O)[C@H]1CCCO1)C1CCCC1. The zero-order valence-corrected chi connectivity index (χ0v) is 9.93. The minimum absolute atomic E-state index is 0.0998. The minimum Gasteiger partial charge on any atom is -0.480 e. The molecule has 0 bridgehead atoms. The number of ether oxygens (including phenoxy) is 1. The minimum atomic E-state index is -0.941. The number of amides is 1. The maximum absolute atomic E-state index is 12.2. The molecule has 2 fully saturated rings. The van der Waals surface area contributed by atoms with Gasteiger partial charge in [0.15, 0.2) is 0 Å². The van der Waals surface area contributed by atoms with E-state index < -0.39 is 12.1 Å². The molecule has 1 saturated heterocycles. The molecule has 1 heterocycles. The molecule has 2 aliphatic rings. The molecule has 96 valence electrons. The van der Waals surface area contributed by atoms with Crippen LogP contribution < -0.4 is 0 Å². The van der Waals surface area contributed by atoms with Crippen LogP contribution in [0.3, 0.4) is 0 Å². The zero-order chi connectivity index (χ0) is 12.3. The van der Waals surface area contributed by atoms with Gasteiger partial charge in [0.05, 0.1) is 0 Å². The van der Waals surface area contributed by atoms with Crippen LogP contribution in [-0.4, -0.2) is 47.2 Å². The number of carbonyl (C=O) groups is 2. The fourth-order valence-electron chi connectivity index (χ4n) is 2.71. The molecular weight excluding hydrogens is 222 g/mol. The molecule has 0 radical (unpaired) electrons. The van der Waals surface area contributed by atoms with Crippen molar-refractivity contribution in [3.8, 4) is 0 Å². The summed E-state index contributed by atoms with van der Waals surface area (Å²) in [6.45, 7) is 0.422. The van der Waals surface area contributed by atoms with Crippen LogP contribution >= 0.6 is 0 Å². The average molecular weight is 241 g/mol. The molecule has 1 aliphatic heterocycles. The van der Waals surface area contributed by atoms with Gasteiger partial charge < -0.3 is 14.7 Å². The molecule has 0 unspecified atom stereocenters. The molecule has 5 nitrogen and oxygen atoms in total. The van der Waals surface area contributed by atoms with Crippen molar-refractivity contribution in [2.75, 3.05) is 13.2 Å². The molecule has 1 saturated carbocycles. The summed E-state index contributed by atoms with van der Waals surface area (Å²) >= 11 is 0. The topological polar surface area (TPSA) is 66.8 Å². The molecule has 0 aromatic rings. The summed E-state index contributed by atoms with van der Waals surface area (Å²) in [5.41, 5.74) is 0. The molecule has 0 aromatic carbocycles. The summed E-state index contributed by atoms with van der Waals surface area (Å²) < 4.78 is 5.35. The first-order valence-electron chi connectivity index (χ1n) is 6.32. The van der Waals surface area contributed by atoms with Gasteiger partial charge in [-0.3, -0.25) is 9.59 Å². The van der Waals surface area contributed by atoms with Gasteiger partial charge in [-0.05, 0) is 25.7 Å². The van der Waals surface area contributed by atoms with E-state index >= 15 is 0 Å². The molecular formula is C12H19NO4. The second kappa shape index (κ2) is 5.49. The summed E-state index contributed by atoms with van der Waals surface area (Å²) in [5.74, 6) is -1.07. The van der Waals surface area contributed by atoms with E-state index in [1.54, 1.807) is 0 Å². The smallest absolute Gasteiger partial charge is 0.323 e. The van der Waals surface area contributed by atoms with E-state index in [0.717, 1.165) is 38.5 Å². The van der Waals surface area contributed by atoms with Gasteiger partial charge in [-0.15, -0.1) is 0 Å². The van der Waals surface area contributed by atoms with Gasteiger partial charge in [0.1, 0.15) is 12.6 Å². The van der Waals surface area contributed by atoms with Crippen molar-refractivity contribution in [1.29, 1.82) is 0 Å². The maximum Gasteiger partial charge on any atom is 0.323 e. The normalized spacial score (nSPS) is 25.1. The molecule has 1 atom stereocenters.